The molecule has 1 amide bonds. The number of nitrogens with one attached hydrogen (secondary N) is 1. The Morgan fingerprint density at radius 1 is 1.19 bits per heavy atom. The lowest BCUT2D eigenvalue weighted by Gasteiger charge is -2.56. The van der Waals surface area contributed by atoms with Gasteiger partial charge in [-0.3, -0.25) is 9.78 Å². The maximum atomic E-state index is 12.4. The average molecular weight is 385 g/mol. The molecule has 6 nitrogen and oxygen atoms in total. The Hall–Kier alpha value is -1.89. The van der Waals surface area contributed by atoms with Gasteiger partial charge in [0, 0.05) is 18.9 Å². The Bertz CT molecular complexity index is 787. The molecular formula is C20H24N4O2S. The van der Waals surface area contributed by atoms with Gasteiger partial charge in [-0.1, -0.05) is 11.8 Å². The van der Waals surface area contributed by atoms with Crippen LogP contribution >= 0.6 is 11.8 Å². The Morgan fingerprint density at radius 3 is 2.59 bits per heavy atom. The van der Waals surface area contributed by atoms with Gasteiger partial charge in [-0.2, -0.15) is 0 Å². The smallest absolute Gasteiger partial charge is 0.277 e. The highest BCUT2D eigenvalue weighted by Gasteiger charge is 2.50. The van der Waals surface area contributed by atoms with Crippen LogP contribution in [0.4, 0.5) is 0 Å². The molecular weight excluding hydrogens is 360 g/mol. The van der Waals surface area contributed by atoms with E-state index in [1.54, 1.807) is 12.4 Å². The minimum atomic E-state index is 0.0527. The van der Waals surface area contributed by atoms with E-state index in [1.165, 1.54) is 50.3 Å². The van der Waals surface area contributed by atoms with E-state index in [1.807, 2.05) is 12.1 Å². The van der Waals surface area contributed by atoms with Crippen molar-refractivity contribution in [2.75, 3.05) is 12.3 Å². The van der Waals surface area contributed by atoms with Crippen LogP contribution in [0.5, 0.6) is 0 Å². The SMILES string of the molecule is O=C(CSc1nnc(-c2cccnc2)o1)NCC12CC3CC(CC(C3)C1)C2. The number of carbonyl (C=O) groups excluding carboxylic acids is 1. The largest absolute Gasteiger partial charge is 0.411 e. The van der Waals surface area contributed by atoms with Crippen molar-refractivity contribution < 1.29 is 9.21 Å². The van der Waals surface area contributed by atoms with Gasteiger partial charge in [0.1, 0.15) is 0 Å². The van der Waals surface area contributed by atoms with Crippen LogP contribution in [0.2, 0.25) is 0 Å². The van der Waals surface area contributed by atoms with Gasteiger partial charge in [0.05, 0.1) is 11.3 Å². The summed E-state index contributed by atoms with van der Waals surface area (Å²) in [5, 5.41) is 11.6. The van der Waals surface area contributed by atoms with Crippen LogP contribution < -0.4 is 5.32 Å². The molecule has 0 atom stereocenters. The fraction of sp³-hybridized carbons (Fsp3) is 0.600. The summed E-state index contributed by atoms with van der Waals surface area (Å²) in [6.07, 6.45) is 11.6. The predicted octanol–water partition coefficient (Wildman–Crippen LogP) is 3.56. The Morgan fingerprint density at radius 2 is 1.93 bits per heavy atom. The maximum Gasteiger partial charge on any atom is 0.277 e. The number of pyridine rings is 1. The van der Waals surface area contributed by atoms with Gasteiger partial charge in [-0.05, 0) is 73.8 Å². The first-order valence-electron chi connectivity index (χ1n) is 9.81. The predicted molar refractivity (Wildman–Crippen MR) is 102 cm³/mol. The summed E-state index contributed by atoms with van der Waals surface area (Å²) in [4.78, 5) is 16.4. The van der Waals surface area contributed by atoms with Crippen molar-refractivity contribution >= 4 is 17.7 Å². The zero-order chi connectivity index (χ0) is 18.3. The van der Waals surface area contributed by atoms with Crippen molar-refractivity contribution in [1.82, 2.24) is 20.5 Å². The summed E-state index contributed by atoms with van der Waals surface area (Å²) >= 11 is 1.29. The number of carbonyl (C=O) groups is 1. The Balaban J connectivity index is 1.13. The van der Waals surface area contributed by atoms with Crippen LogP contribution in [0.1, 0.15) is 38.5 Å². The fourth-order valence-corrected chi connectivity index (χ4v) is 6.44. The van der Waals surface area contributed by atoms with Gasteiger partial charge in [-0.25, -0.2) is 0 Å². The standard InChI is InChI=1S/C20H24N4O2S/c25-17(11-27-19-24-23-18(26-19)16-2-1-3-21-10-16)22-12-20-7-13-4-14(8-20)6-15(5-13)9-20/h1-3,10,13-15H,4-9,11-12H2,(H,22,25). The summed E-state index contributed by atoms with van der Waals surface area (Å²) in [7, 11) is 0. The number of rotatable bonds is 6. The van der Waals surface area contributed by atoms with Gasteiger partial charge in [0.25, 0.3) is 5.22 Å². The third kappa shape index (κ3) is 3.61. The van der Waals surface area contributed by atoms with Crippen molar-refractivity contribution in [3.8, 4) is 11.5 Å². The van der Waals surface area contributed by atoms with Crippen LogP contribution in [0.15, 0.2) is 34.2 Å². The number of aromatic nitrogens is 3. The third-order valence-electron chi connectivity index (χ3n) is 6.47. The van der Waals surface area contributed by atoms with Crippen LogP contribution in [0, 0.1) is 23.2 Å². The van der Waals surface area contributed by atoms with E-state index < -0.39 is 0 Å². The van der Waals surface area contributed by atoms with Crippen molar-refractivity contribution in [2.24, 2.45) is 23.2 Å². The number of thioether (sulfide) groups is 1. The van der Waals surface area contributed by atoms with Crippen molar-refractivity contribution in [3.63, 3.8) is 0 Å². The highest BCUT2D eigenvalue weighted by atomic mass is 32.2. The van der Waals surface area contributed by atoms with Gasteiger partial charge < -0.3 is 9.73 Å². The number of hydrogen-bond acceptors (Lipinski definition) is 6. The lowest BCUT2D eigenvalue weighted by molar-refractivity contribution is -0.120. The third-order valence-corrected chi connectivity index (χ3v) is 7.29. The molecule has 0 saturated heterocycles. The van der Waals surface area contributed by atoms with E-state index >= 15 is 0 Å². The highest BCUT2D eigenvalue weighted by Crippen LogP contribution is 2.59. The van der Waals surface area contributed by atoms with E-state index in [0.29, 0.717) is 22.3 Å². The molecule has 0 aliphatic heterocycles. The number of nitrogens with zero attached hydrogens (tertiary/aromatic N) is 3. The molecule has 4 aliphatic carbocycles. The van der Waals surface area contributed by atoms with Crippen molar-refractivity contribution in [2.45, 2.75) is 43.7 Å². The van der Waals surface area contributed by atoms with E-state index in [-0.39, 0.29) is 5.91 Å². The molecule has 0 radical (unpaired) electrons. The Labute approximate surface area is 162 Å². The average Bonchev–Trinajstić information content (AvgIpc) is 3.14. The second kappa shape index (κ2) is 6.93. The van der Waals surface area contributed by atoms with Gasteiger partial charge in [-0.15, -0.1) is 10.2 Å². The molecule has 0 aromatic carbocycles. The van der Waals surface area contributed by atoms with Crippen LogP contribution in [0.25, 0.3) is 11.5 Å². The van der Waals surface area contributed by atoms with Gasteiger partial charge in [0.2, 0.25) is 11.8 Å². The molecule has 2 aromatic rings. The van der Waals surface area contributed by atoms with Gasteiger partial charge in [0.15, 0.2) is 0 Å². The molecule has 1 N–H and O–H groups in total. The Kier molecular flexibility index (Phi) is 4.42. The molecule has 2 aromatic heterocycles. The first-order valence-corrected chi connectivity index (χ1v) is 10.8. The zero-order valence-electron chi connectivity index (χ0n) is 15.3. The monoisotopic (exact) mass is 384 g/mol. The van der Waals surface area contributed by atoms with E-state index in [2.05, 4.69) is 20.5 Å². The topological polar surface area (TPSA) is 80.9 Å². The van der Waals surface area contributed by atoms with E-state index in [0.717, 1.165) is 29.9 Å². The minimum absolute atomic E-state index is 0.0527. The molecule has 6 rings (SSSR count). The van der Waals surface area contributed by atoms with E-state index in [4.69, 9.17) is 4.42 Å². The molecule has 4 fully saturated rings. The lowest BCUT2D eigenvalue weighted by atomic mass is 9.49. The molecule has 142 valence electrons. The summed E-state index contributed by atoms with van der Waals surface area (Å²) in [6.45, 7) is 0.834. The van der Waals surface area contributed by atoms with Crippen LogP contribution in [0.3, 0.4) is 0 Å². The molecule has 4 saturated carbocycles. The summed E-state index contributed by atoms with van der Waals surface area (Å²) in [5.74, 6) is 3.52. The molecule has 27 heavy (non-hydrogen) atoms. The summed E-state index contributed by atoms with van der Waals surface area (Å²) in [6, 6.07) is 3.69. The van der Waals surface area contributed by atoms with Crippen molar-refractivity contribution in [3.05, 3.63) is 24.5 Å². The quantitative estimate of drug-likeness (QED) is 0.767. The zero-order valence-corrected chi connectivity index (χ0v) is 16.1. The van der Waals surface area contributed by atoms with Crippen molar-refractivity contribution in [1.29, 1.82) is 0 Å². The highest BCUT2D eigenvalue weighted by molar-refractivity contribution is 7.99. The second-order valence-electron chi connectivity index (χ2n) is 8.60. The normalized spacial score (nSPS) is 31.2. The maximum absolute atomic E-state index is 12.4. The number of hydrogen-bond donors (Lipinski definition) is 1. The molecule has 2 heterocycles. The molecule has 4 bridgehead atoms. The van der Waals surface area contributed by atoms with Crippen LogP contribution in [-0.2, 0) is 4.79 Å². The fourth-order valence-electron chi connectivity index (χ4n) is 5.84. The minimum Gasteiger partial charge on any atom is -0.411 e. The molecule has 0 unspecified atom stereocenters. The molecule has 4 aliphatic rings. The van der Waals surface area contributed by atoms with Gasteiger partial charge >= 0.3 is 0 Å². The summed E-state index contributed by atoms with van der Waals surface area (Å²) in [5.41, 5.74) is 1.15. The second-order valence-corrected chi connectivity index (χ2v) is 9.52. The molecule has 7 heteroatoms. The first kappa shape index (κ1) is 17.2. The summed E-state index contributed by atoms with van der Waals surface area (Å²) < 4.78 is 5.62. The first-order chi connectivity index (χ1) is 13.2. The number of amides is 1. The molecule has 0 spiro atoms. The lowest BCUT2D eigenvalue weighted by Crippen LogP contribution is -2.51. The van der Waals surface area contributed by atoms with Crippen LogP contribution in [-0.4, -0.2) is 33.4 Å². The van der Waals surface area contributed by atoms with E-state index in [9.17, 15) is 4.79 Å².